The monoisotopic (exact) mass is 307 g/mol. The summed E-state index contributed by atoms with van der Waals surface area (Å²) >= 11 is 0. The number of ether oxygens (including phenoxy) is 2. The van der Waals surface area contributed by atoms with Crippen molar-refractivity contribution in [2.75, 3.05) is 20.3 Å². The second-order valence-corrected chi connectivity index (χ2v) is 5.20. The molecule has 0 saturated carbocycles. The van der Waals surface area contributed by atoms with Gasteiger partial charge < -0.3 is 14.4 Å². The number of aryl methyl sites for hydroxylation is 1. The van der Waals surface area contributed by atoms with Gasteiger partial charge in [-0.2, -0.15) is 0 Å². The molecule has 1 unspecified atom stereocenters. The summed E-state index contributed by atoms with van der Waals surface area (Å²) in [5.41, 5.74) is 1.72. The molecule has 0 aromatic heterocycles. The van der Waals surface area contributed by atoms with Gasteiger partial charge in [-0.25, -0.2) is 9.59 Å². The quantitative estimate of drug-likeness (QED) is 0.725. The van der Waals surface area contributed by atoms with E-state index in [9.17, 15) is 9.59 Å². The molecule has 22 heavy (non-hydrogen) atoms. The second-order valence-electron chi connectivity index (χ2n) is 5.20. The van der Waals surface area contributed by atoms with Crippen LogP contribution in [0.2, 0.25) is 0 Å². The molecule has 122 valence electrons. The minimum atomic E-state index is -0.421. The third-order valence-corrected chi connectivity index (χ3v) is 3.40. The number of hydrogen-bond donors (Lipinski definition) is 0. The van der Waals surface area contributed by atoms with Crippen LogP contribution in [0.25, 0.3) is 0 Å². The first-order valence-corrected chi connectivity index (χ1v) is 7.65. The van der Waals surface area contributed by atoms with Crippen molar-refractivity contribution in [1.82, 2.24) is 4.90 Å². The number of amides is 1. The molecule has 0 bridgehead atoms. The lowest BCUT2D eigenvalue weighted by molar-refractivity contribution is 0.0370. The molecule has 0 aliphatic rings. The maximum atomic E-state index is 12.0. The lowest BCUT2D eigenvalue weighted by Gasteiger charge is -2.23. The van der Waals surface area contributed by atoms with Gasteiger partial charge in [0.05, 0.1) is 18.2 Å². The molecule has 0 heterocycles. The molecule has 0 radical (unpaired) electrons. The minimum absolute atomic E-state index is 0.130. The Morgan fingerprint density at radius 1 is 1.14 bits per heavy atom. The predicted octanol–water partition coefficient (Wildman–Crippen LogP) is 3.27. The molecule has 0 fully saturated rings. The highest BCUT2D eigenvalue weighted by atomic mass is 16.6. The average molecular weight is 307 g/mol. The molecular weight excluding hydrogens is 282 g/mol. The van der Waals surface area contributed by atoms with E-state index in [4.69, 9.17) is 9.47 Å². The molecule has 1 rings (SSSR count). The number of carbonyl (C=O) groups is 2. The van der Waals surface area contributed by atoms with Crippen LogP contribution < -0.4 is 0 Å². The number of likely N-dealkylation sites (N-methyl/N-ethyl adjacent to an activating group) is 1. The molecule has 0 aliphatic carbocycles. The molecular formula is C17H25NO4. The van der Waals surface area contributed by atoms with E-state index in [2.05, 4.69) is 6.92 Å². The number of nitrogens with zero attached hydrogens (tertiary/aromatic N) is 1. The van der Waals surface area contributed by atoms with Crippen LogP contribution in [0.4, 0.5) is 4.79 Å². The van der Waals surface area contributed by atoms with E-state index >= 15 is 0 Å². The first-order valence-electron chi connectivity index (χ1n) is 7.65. The standard InChI is InChI=1S/C17H25NO4/c1-5-7-14-8-10-15(11-9-14)16(19)22-12-13(3)18(4)17(20)21-6-2/h8-11,13H,5-7,12H2,1-4H3. The highest BCUT2D eigenvalue weighted by Gasteiger charge is 2.18. The van der Waals surface area contributed by atoms with Crippen molar-refractivity contribution in [1.29, 1.82) is 0 Å². The molecule has 0 N–H and O–H groups in total. The molecule has 0 aliphatic heterocycles. The van der Waals surface area contributed by atoms with Gasteiger partial charge in [-0.15, -0.1) is 0 Å². The average Bonchev–Trinajstić information content (AvgIpc) is 2.52. The van der Waals surface area contributed by atoms with Crippen molar-refractivity contribution in [3.63, 3.8) is 0 Å². The molecule has 5 heteroatoms. The van der Waals surface area contributed by atoms with Crippen LogP contribution in [0.5, 0.6) is 0 Å². The lowest BCUT2D eigenvalue weighted by Crippen LogP contribution is -2.38. The number of hydrogen-bond acceptors (Lipinski definition) is 4. The van der Waals surface area contributed by atoms with Crippen molar-refractivity contribution in [3.05, 3.63) is 35.4 Å². The Kier molecular flexibility index (Phi) is 7.43. The molecule has 1 atom stereocenters. The van der Waals surface area contributed by atoms with E-state index in [1.807, 2.05) is 12.1 Å². The summed E-state index contributed by atoms with van der Waals surface area (Å²) in [4.78, 5) is 25.0. The zero-order valence-electron chi connectivity index (χ0n) is 13.8. The second kappa shape index (κ2) is 9.07. The Labute approximate surface area is 132 Å². The van der Waals surface area contributed by atoms with Crippen LogP contribution >= 0.6 is 0 Å². The van der Waals surface area contributed by atoms with Gasteiger partial charge in [0.2, 0.25) is 0 Å². The Hall–Kier alpha value is -2.04. The first-order chi connectivity index (χ1) is 10.5. The van der Waals surface area contributed by atoms with Crippen molar-refractivity contribution in [2.45, 2.75) is 39.7 Å². The summed E-state index contributed by atoms with van der Waals surface area (Å²) in [5.74, 6) is -0.382. The van der Waals surface area contributed by atoms with E-state index in [0.717, 1.165) is 12.8 Å². The van der Waals surface area contributed by atoms with Gasteiger partial charge in [-0.1, -0.05) is 25.5 Å². The topological polar surface area (TPSA) is 55.8 Å². The largest absolute Gasteiger partial charge is 0.460 e. The Morgan fingerprint density at radius 3 is 2.32 bits per heavy atom. The molecule has 1 amide bonds. The Morgan fingerprint density at radius 2 is 1.77 bits per heavy atom. The normalized spacial score (nSPS) is 11.6. The maximum Gasteiger partial charge on any atom is 0.409 e. The fourth-order valence-corrected chi connectivity index (χ4v) is 1.89. The molecule has 1 aromatic carbocycles. The lowest BCUT2D eigenvalue weighted by atomic mass is 10.1. The number of rotatable bonds is 7. The summed E-state index contributed by atoms with van der Waals surface area (Å²) in [6, 6.07) is 7.17. The van der Waals surface area contributed by atoms with Crippen LogP contribution in [0, 0.1) is 0 Å². The van der Waals surface area contributed by atoms with Crippen LogP contribution in [-0.2, 0) is 15.9 Å². The van der Waals surface area contributed by atoms with E-state index in [1.54, 1.807) is 33.0 Å². The fourth-order valence-electron chi connectivity index (χ4n) is 1.89. The van der Waals surface area contributed by atoms with Gasteiger partial charge in [0.1, 0.15) is 6.61 Å². The van der Waals surface area contributed by atoms with Crippen LogP contribution in [0.1, 0.15) is 43.1 Å². The maximum absolute atomic E-state index is 12.0. The molecule has 0 saturated heterocycles. The number of esters is 1. The molecule has 5 nitrogen and oxygen atoms in total. The van der Waals surface area contributed by atoms with E-state index in [-0.39, 0.29) is 18.6 Å². The first kappa shape index (κ1) is 18.0. The van der Waals surface area contributed by atoms with Gasteiger partial charge in [0, 0.05) is 7.05 Å². The SMILES string of the molecule is CCCc1ccc(C(=O)OCC(C)N(C)C(=O)OCC)cc1. The number of benzene rings is 1. The van der Waals surface area contributed by atoms with Crippen LogP contribution in [0.3, 0.4) is 0 Å². The molecule has 1 aromatic rings. The van der Waals surface area contributed by atoms with E-state index < -0.39 is 6.09 Å². The zero-order valence-corrected chi connectivity index (χ0v) is 13.8. The zero-order chi connectivity index (χ0) is 16.5. The van der Waals surface area contributed by atoms with Crippen molar-refractivity contribution in [3.8, 4) is 0 Å². The predicted molar refractivity (Wildman–Crippen MR) is 85.0 cm³/mol. The summed E-state index contributed by atoms with van der Waals surface area (Å²) in [6.07, 6.45) is 1.65. The van der Waals surface area contributed by atoms with E-state index in [1.165, 1.54) is 10.5 Å². The summed E-state index contributed by atoms with van der Waals surface area (Å²) in [5, 5.41) is 0. The van der Waals surface area contributed by atoms with Gasteiger partial charge in [0.25, 0.3) is 0 Å². The van der Waals surface area contributed by atoms with Crippen molar-refractivity contribution < 1.29 is 19.1 Å². The molecule has 0 spiro atoms. The van der Waals surface area contributed by atoms with Gasteiger partial charge in [-0.05, 0) is 38.0 Å². The van der Waals surface area contributed by atoms with Crippen molar-refractivity contribution in [2.24, 2.45) is 0 Å². The highest BCUT2D eigenvalue weighted by molar-refractivity contribution is 5.89. The fraction of sp³-hybridized carbons (Fsp3) is 0.529. The van der Waals surface area contributed by atoms with Crippen LogP contribution in [-0.4, -0.2) is 43.3 Å². The Balaban J connectivity index is 2.49. The van der Waals surface area contributed by atoms with Gasteiger partial charge >= 0.3 is 12.1 Å². The smallest absolute Gasteiger partial charge is 0.409 e. The summed E-state index contributed by atoms with van der Waals surface area (Å²) < 4.78 is 10.1. The Bertz CT molecular complexity index is 484. The van der Waals surface area contributed by atoms with Gasteiger partial charge in [0.15, 0.2) is 0 Å². The number of carbonyl (C=O) groups excluding carboxylic acids is 2. The summed E-state index contributed by atoms with van der Waals surface area (Å²) in [6.45, 7) is 6.11. The van der Waals surface area contributed by atoms with Crippen LogP contribution in [0.15, 0.2) is 24.3 Å². The summed E-state index contributed by atoms with van der Waals surface area (Å²) in [7, 11) is 1.62. The van der Waals surface area contributed by atoms with E-state index in [0.29, 0.717) is 12.2 Å². The third-order valence-electron chi connectivity index (χ3n) is 3.40. The minimum Gasteiger partial charge on any atom is -0.460 e. The van der Waals surface area contributed by atoms with Crippen molar-refractivity contribution >= 4 is 12.1 Å². The third kappa shape index (κ3) is 5.39. The highest BCUT2D eigenvalue weighted by Crippen LogP contribution is 2.09. The van der Waals surface area contributed by atoms with Gasteiger partial charge in [-0.3, -0.25) is 0 Å².